The first-order valence-corrected chi connectivity index (χ1v) is 10.3. The van der Waals surface area contributed by atoms with Crippen molar-refractivity contribution in [3.63, 3.8) is 0 Å². The van der Waals surface area contributed by atoms with Crippen molar-refractivity contribution in [2.45, 2.75) is 19.1 Å². The molecule has 2 heterocycles. The van der Waals surface area contributed by atoms with Crippen LogP contribution in [0.3, 0.4) is 0 Å². The zero-order valence-corrected chi connectivity index (χ0v) is 16.2. The van der Waals surface area contributed by atoms with Gasteiger partial charge in [0.2, 0.25) is 0 Å². The summed E-state index contributed by atoms with van der Waals surface area (Å²) in [6.45, 7) is 10.4. The maximum Gasteiger partial charge on any atom is 0.119 e. The fraction of sp³-hybridized carbons (Fsp3) is 0.478. The predicted octanol–water partition coefficient (Wildman–Crippen LogP) is 2.96. The highest BCUT2D eigenvalue weighted by Crippen LogP contribution is 2.18. The van der Waals surface area contributed by atoms with Crippen LogP contribution in [0.15, 0.2) is 60.7 Å². The molecule has 2 aliphatic heterocycles. The molecule has 0 bridgehead atoms. The lowest BCUT2D eigenvalue weighted by Gasteiger charge is -2.35. The molecule has 2 aliphatic rings. The third-order valence-corrected chi connectivity index (χ3v) is 5.72. The molecule has 0 saturated carbocycles. The molecule has 0 unspecified atom stereocenters. The topological polar surface area (TPSA) is 19.0 Å². The number of benzene rings is 2. The van der Waals surface area contributed by atoms with Crippen LogP contribution in [0.4, 0.5) is 0 Å². The number of piperazine rings is 1. The Labute approximate surface area is 163 Å². The van der Waals surface area contributed by atoms with Gasteiger partial charge in [0.1, 0.15) is 11.9 Å². The Morgan fingerprint density at radius 1 is 0.704 bits per heavy atom. The van der Waals surface area contributed by atoms with E-state index in [1.807, 2.05) is 18.2 Å². The zero-order valence-electron chi connectivity index (χ0n) is 16.2. The maximum absolute atomic E-state index is 6.11. The van der Waals surface area contributed by atoms with E-state index in [1.165, 1.54) is 38.3 Å². The van der Waals surface area contributed by atoms with Crippen molar-refractivity contribution < 1.29 is 4.74 Å². The van der Waals surface area contributed by atoms with Gasteiger partial charge in [-0.2, -0.15) is 0 Å². The molecule has 4 rings (SSSR count). The molecule has 2 fully saturated rings. The Bertz CT molecular complexity index is 671. The van der Waals surface area contributed by atoms with Gasteiger partial charge in [-0.15, -0.1) is 0 Å². The molecule has 144 valence electrons. The second kappa shape index (κ2) is 9.36. The summed E-state index contributed by atoms with van der Waals surface area (Å²) in [5.41, 5.74) is 1.42. The van der Waals surface area contributed by atoms with Gasteiger partial charge >= 0.3 is 0 Å². The van der Waals surface area contributed by atoms with Gasteiger partial charge in [-0.05, 0) is 24.1 Å². The van der Waals surface area contributed by atoms with Crippen LogP contribution in [0.5, 0.6) is 5.75 Å². The Morgan fingerprint density at radius 3 is 2.07 bits per heavy atom. The molecule has 0 amide bonds. The van der Waals surface area contributed by atoms with Crippen molar-refractivity contribution in [3.05, 3.63) is 66.2 Å². The molecule has 2 saturated heterocycles. The van der Waals surface area contributed by atoms with E-state index >= 15 is 0 Å². The quantitative estimate of drug-likeness (QED) is 0.751. The minimum atomic E-state index is 0.343. The third kappa shape index (κ3) is 5.55. The Morgan fingerprint density at radius 2 is 1.33 bits per heavy atom. The zero-order chi connectivity index (χ0) is 18.3. The van der Waals surface area contributed by atoms with E-state index < -0.39 is 0 Å². The summed E-state index contributed by atoms with van der Waals surface area (Å²) < 4.78 is 6.11. The van der Waals surface area contributed by atoms with Gasteiger partial charge in [-0.1, -0.05) is 48.5 Å². The Balaban J connectivity index is 1.13. The molecule has 1 atom stereocenters. The van der Waals surface area contributed by atoms with Crippen molar-refractivity contribution in [1.82, 2.24) is 14.7 Å². The van der Waals surface area contributed by atoms with Gasteiger partial charge < -0.3 is 4.74 Å². The maximum atomic E-state index is 6.11. The predicted molar refractivity (Wildman–Crippen MR) is 110 cm³/mol. The second-order valence-corrected chi connectivity index (χ2v) is 7.75. The van der Waals surface area contributed by atoms with Crippen molar-refractivity contribution >= 4 is 0 Å². The molecular formula is C23H31N3O. The highest BCUT2D eigenvalue weighted by Gasteiger charge is 2.25. The Hall–Kier alpha value is -1.88. The molecule has 27 heavy (non-hydrogen) atoms. The van der Waals surface area contributed by atoms with Crippen LogP contribution in [0.25, 0.3) is 0 Å². The normalized spacial score (nSPS) is 22.1. The summed E-state index contributed by atoms with van der Waals surface area (Å²) in [4.78, 5) is 7.75. The summed E-state index contributed by atoms with van der Waals surface area (Å²) in [6, 6.07) is 21.0. The molecule has 2 aromatic rings. The minimum Gasteiger partial charge on any atom is -0.489 e. The van der Waals surface area contributed by atoms with E-state index in [0.29, 0.717) is 6.10 Å². The molecule has 0 radical (unpaired) electrons. The number of hydrogen-bond acceptors (Lipinski definition) is 4. The fourth-order valence-electron chi connectivity index (χ4n) is 4.08. The van der Waals surface area contributed by atoms with Gasteiger partial charge in [0.05, 0.1) is 0 Å². The van der Waals surface area contributed by atoms with E-state index in [4.69, 9.17) is 4.74 Å². The number of para-hydroxylation sites is 1. The standard InChI is InChI=1S/C23H31N3O/c1-3-7-21(8-4-1)19-26-17-14-24(15-18-26)13-16-25-12-11-23(20-25)27-22-9-5-2-6-10-22/h1-10,23H,11-20H2/t23-/m1/s1. The number of nitrogens with zero attached hydrogens (tertiary/aromatic N) is 3. The van der Waals surface area contributed by atoms with Crippen molar-refractivity contribution in [1.29, 1.82) is 0 Å². The van der Waals surface area contributed by atoms with E-state index in [9.17, 15) is 0 Å². The van der Waals surface area contributed by atoms with E-state index in [-0.39, 0.29) is 0 Å². The van der Waals surface area contributed by atoms with Crippen LogP contribution in [0, 0.1) is 0 Å². The summed E-state index contributed by atoms with van der Waals surface area (Å²) >= 11 is 0. The van der Waals surface area contributed by atoms with Gasteiger partial charge in [0.15, 0.2) is 0 Å². The molecular weight excluding hydrogens is 334 g/mol. The Kier molecular flexibility index (Phi) is 6.40. The monoisotopic (exact) mass is 365 g/mol. The van der Waals surface area contributed by atoms with E-state index in [2.05, 4.69) is 57.2 Å². The van der Waals surface area contributed by atoms with Crippen molar-refractivity contribution in [3.8, 4) is 5.75 Å². The van der Waals surface area contributed by atoms with E-state index in [0.717, 1.165) is 38.3 Å². The lowest BCUT2D eigenvalue weighted by atomic mass is 10.2. The number of hydrogen-bond donors (Lipinski definition) is 0. The van der Waals surface area contributed by atoms with Gasteiger partial charge in [0.25, 0.3) is 0 Å². The summed E-state index contributed by atoms with van der Waals surface area (Å²) in [5, 5.41) is 0. The highest BCUT2D eigenvalue weighted by molar-refractivity contribution is 5.21. The second-order valence-electron chi connectivity index (χ2n) is 7.75. The molecule has 4 nitrogen and oxygen atoms in total. The van der Waals surface area contributed by atoms with Crippen molar-refractivity contribution in [2.75, 3.05) is 52.4 Å². The van der Waals surface area contributed by atoms with Gasteiger partial charge in [-0.25, -0.2) is 0 Å². The largest absolute Gasteiger partial charge is 0.489 e. The molecule has 2 aromatic carbocycles. The SMILES string of the molecule is c1ccc(CN2CCN(CCN3CC[C@@H](Oc4ccccc4)C3)CC2)cc1. The van der Waals surface area contributed by atoms with Crippen molar-refractivity contribution in [2.24, 2.45) is 0 Å². The number of ether oxygens (including phenoxy) is 1. The molecule has 4 heteroatoms. The number of likely N-dealkylation sites (tertiary alicyclic amines) is 1. The van der Waals surface area contributed by atoms with Gasteiger partial charge in [-0.3, -0.25) is 14.7 Å². The molecule has 0 N–H and O–H groups in total. The first kappa shape index (κ1) is 18.5. The van der Waals surface area contributed by atoms with Crippen LogP contribution in [0.1, 0.15) is 12.0 Å². The van der Waals surface area contributed by atoms with Gasteiger partial charge in [0, 0.05) is 58.9 Å². The van der Waals surface area contributed by atoms with Crippen LogP contribution in [0.2, 0.25) is 0 Å². The average Bonchev–Trinajstić information content (AvgIpc) is 3.16. The summed E-state index contributed by atoms with van der Waals surface area (Å²) in [7, 11) is 0. The fourth-order valence-corrected chi connectivity index (χ4v) is 4.08. The first-order chi connectivity index (χ1) is 13.3. The summed E-state index contributed by atoms with van der Waals surface area (Å²) in [5.74, 6) is 0.999. The van der Waals surface area contributed by atoms with E-state index in [1.54, 1.807) is 0 Å². The third-order valence-electron chi connectivity index (χ3n) is 5.72. The number of rotatable bonds is 7. The minimum absolute atomic E-state index is 0.343. The molecule has 0 aliphatic carbocycles. The first-order valence-electron chi connectivity index (χ1n) is 10.3. The molecule has 0 spiro atoms. The van der Waals surface area contributed by atoms with Crippen LogP contribution >= 0.6 is 0 Å². The van der Waals surface area contributed by atoms with Crippen LogP contribution in [-0.4, -0.2) is 73.2 Å². The summed E-state index contributed by atoms with van der Waals surface area (Å²) in [6.07, 6.45) is 1.48. The van der Waals surface area contributed by atoms with Crippen LogP contribution < -0.4 is 4.74 Å². The van der Waals surface area contributed by atoms with Crippen LogP contribution in [-0.2, 0) is 6.54 Å². The smallest absolute Gasteiger partial charge is 0.119 e. The lowest BCUT2D eigenvalue weighted by molar-refractivity contribution is 0.115. The lowest BCUT2D eigenvalue weighted by Crippen LogP contribution is -2.48. The highest BCUT2D eigenvalue weighted by atomic mass is 16.5. The average molecular weight is 366 g/mol. The molecule has 0 aromatic heterocycles.